The summed E-state index contributed by atoms with van der Waals surface area (Å²) in [5.74, 6) is -0.729. The zero-order valence-electron chi connectivity index (χ0n) is 13.3. The molecule has 0 aliphatic heterocycles. The molecule has 6 nitrogen and oxygen atoms in total. The molecule has 2 N–H and O–H groups in total. The molecule has 2 rings (SSSR count). The lowest BCUT2D eigenvalue weighted by Crippen LogP contribution is -2.30. The van der Waals surface area contributed by atoms with E-state index in [-0.39, 0.29) is 26.5 Å². The molecule has 0 radical (unpaired) electrons. The van der Waals surface area contributed by atoms with Gasteiger partial charge in [-0.05, 0) is 56.3 Å². The summed E-state index contributed by atoms with van der Waals surface area (Å²) in [6, 6.07) is 7.94. The van der Waals surface area contributed by atoms with Gasteiger partial charge in [-0.3, -0.25) is 4.72 Å². The minimum atomic E-state index is -3.99. The van der Waals surface area contributed by atoms with Crippen LogP contribution in [0.15, 0.2) is 52.3 Å². The van der Waals surface area contributed by atoms with E-state index in [4.69, 9.17) is 11.6 Å². The van der Waals surface area contributed by atoms with Gasteiger partial charge in [0, 0.05) is 11.7 Å². The summed E-state index contributed by atoms with van der Waals surface area (Å²) >= 11 is 5.59. The number of sulfonamides is 2. The lowest BCUT2D eigenvalue weighted by molar-refractivity contribution is 0.570. The van der Waals surface area contributed by atoms with Crippen LogP contribution < -0.4 is 9.44 Å². The van der Waals surface area contributed by atoms with Crippen LogP contribution in [-0.4, -0.2) is 22.9 Å². The Morgan fingerprint density at radius 2 is 1.48 bits per heavy atom. The smallest absolute Gasteiger partial charge is 0.261 e. The van der Waals surface area contributed by atoms with Crippen LogP contribution >= 0.6 is 11.6 Å². The van der Waals surface area contributed by atoms with E-state index in [0.717, 1.165) is 18.2 Å². The third-order valence-electron chi connectivity index (χ3n) is 3.01. The zero-order chi connectivity index (χ0) is 18.8. The van der Waals surface area contributed by atoms with Gasteiger partial charge in [-0.1, -0.05) is 11.6 Å². The highest BCUT2D eigenvalue weighted by Crippen LogP contribution is 2.22. The molecule has 0 unspecified atom stereocenters. The van der Waals surface area contributed by atoms with Gasteiger partial charge in [0.1, 0.15) is 5.82 Å². The van der Waals surface area contributed by atoms with Crippen LogP contribution in [0, 0.1) is 5.82 Å². The van der Waals surface area contributed by atoms with E-state index in [2.05, 4.69) is 9.44 Å². The lowest BCUT2D eigenvalue weighted by atomic mass is 10.3. The summed E-state index contributed by atoms with van der Waals surface area (Å²) in [4.78, 5) is -0.203. The topological polar surface area (TPSA) is 92.3 Å². The molecule has 0 aliphatic rings. The van der Waals surface area contributed by atoms with Crippen molar-refractivity contribution in [1.82, 2.24) is 4.72 Å². The number of hydrogen-bond donors (Lipinski definition) is 2. The molecule has 0 atom stereocenters. The molecule has 2 aromatic carbocycles. The molecule has 0 spiro atoms. The average Bonchev–Trinajstić information content (AvgIpc) is 2.48. The summed E-state index contributed by atoms with van der Waals surface area (Å²) < 4.78 is 66.5. The second-order valence-corrected chi connectivity index (χ2v) is 9.29. The molecular formula is C15H16ClFN2O4S2. The fraction of sp³-hybridized carbons (Fsp3) is 0.200. The van der Waals surface area contributed by atoms with Crippen molar-refractivity contribution >= 4 is 37.3 Å². The van der Waals surface area contributed by atoms with Crippen LogP contribution in [0.4, 0.5) is 10.1 Å². The van der Waals surface area contributed by atoms with Crippen molar-refractivity contribution in [3.05, 3.63) is 53.3 Å². The van der Waals surface area contributed by atoms with Crippen LogP contribution in [-0.2, 0) is 20.0 Å². The van der Waals surface area contributed by atoms with Gasteiger partial charge in [-0.15, -0.1) is 0 Å². The second kappa shape index (κ2) is 7.28. The molecule has 0 bridgehead atoms. The van der Waals surface area contributed by atoms with Crippen molar-refractivity contribution < 1.29 is 21.2 Å². The van der Waals surface area contributed by atoms with Crippen LogP contribution in [0.5, 0.6) is 0 Å². The first-order chi connectivity index (χ1) is 11.5. The van der Waals surface area contributed by atoms with Gasteiger partial charge in [-0.25, -0.2) is 25.9 Å². The number of halogens is 2. The van der Waals surface area contributed by atoms with Crippen molar-refractivity contribution in [2.24, 2.45) is 0 Å². The van der Waals surface area contributed by atoms with Crippen LogP contribution in [0.1, 0.15) is 13.8 Å². The Kier molecular flexibility index (Phi) is 5.72. The van der Waals surface area contributed by atoms with Crippen LogP contribution in [0.3, 0.4) is 0 Å². The van der Waals surface area contributed by atoms with Gasteiger partial charge in [0.15, 0.2) is 0 Å². The van der Waals surface area contributed by atoms with Crippen LogP contribution in [0.25, 0.3) is 0 Å². The standard InChI is InChI=1S/C15H16ClFN2O4S2/c1-10(2)18-24(20,21)12-5-3-11(4-6-12)19-25(22,23)13-7-8-15(17)14(16)9-13/h3-10,18-19H,1-2H3. The average molecular weight is 407 g/mol. The fourth-order valence-electron chi connectivity index (χ4n) is 1.94. The molecule has 10 heteroatoms. The highest BCUT2D eigenvalue weighted by Gasteiger charge is 2.18. The predicted octanol–water partition coefficient (Wildman–Crippen LogP) is 2.97. The van der Waals surface area contributed by atoms with E-state index in [1.165, 1.54) is 24.3 Å². The van der Waals surface area contributed by atoms with Crippen molar-refractivity contribution in [2.75, 3.05) is 4.72 Å². The van der Waals surface area contributed by atoms with E-state index in [1.54, 1.807) is 13.8 Å². The number of benzene rings is 2. The summed E-state index contributed by atoms with van der Waals surface area (Å²) in [5.41, 5.74) is 0.156. The molecule has 0 amide bonds. The quantitative estimate of drug-likeness (QED) is 0.771. The third kappa shape index (κ3) is 4.91. The lowest BCUT2D eigenvalue weighted by Gasteiger charge is -2.11. The molecule has 0 saturated heterocycles. The Hall–Kier alpha value is -1.68. The Morgan fingerprint density at radius 1 is 0.920 bits per heavy atom. The summed E-state index contributed by atoms with van der Waals surface area (Å²) in [6.45, 7) is 3.38. The van der Waals surface area contributed by atoms with E-state index in [0.29, 0.717) is 0 Å². The molecule has 0 aromatic heterocycles. The third-order valence-corrected chi connectivity index (χ3v) is 6.35. The number of rotatable bonds is 6. The fourth-order valence-corrected chi connectivity index (χ4v) is 4.52. The molecule has 0 heterocycles. The number of nitrogens with one attached hydrogen (secondary N) is 2. The van der Waals surface area contributed by atoms with E-state index < -0.39 is 25.9 Å². The first kappa shape index (κ1) is 19.6. The second-order valence-electron chi connectivity index (χ2n) is 5.48. The summed E-state index contributed by atoms with van der Waals surface area (Å²) in [7, 11) is -7.65. The van der Waals surface area contributed by atoms with Crippen molar-refractivity contribution in [3.8, 4) is 0 Å². The van der Waals surface area contributed by atoms with E-state index in [9.17, 15) is 21.2 Å². The SMILES string of the molecule is CC(C)NS(=O)(=O)c1ccc(NS(=O)(=O)c2ccc(F)c(Cl)c2)cc1. The van der Waals surface area contributed by atoms with Crippen LogP contribution in [0.2, 0.25) is 5.02 Å². The minimum Gasteiger partial charge on any atom is -0.280 e. The Morgan fingerprint density at radius 3 is 2.00 bits per heavy atom. The first-order valence-corrected chi connectivity index (χ1v) is 10.5. The summed E-state index contributed by atoms with van der Waals surface area (Å²) in [6.07, 6.45) is 0. The normalized spacial score (nSPS) is 12.4. The Balaban J connectivity index is 2.24. The minimum absolute atomic E-state index is 0.00831. The molecular weight excluding hydrogens is 391 g/mol. The maximum atomic E-state index is 13.2. The molecule has 0 aliphatic carbocycles. The van der Waals surface area contributed by atoms with Gasteiger partial charge < -0.3 is 0 Å². The molecule has 25 heavy (non-hydrogen) atoms. The summed E-state index contributed by atoms with van der Waals surface area (Å²) in [5, 5.41) is -0.316. The molecule has 0 fully saturated rings. The van der Waals surface area contributed by atoms with Crippen molar-refractivity contribution in [3.63, 3.8) is 0 Å². The number of hydrogen-bond acceptors (Lipinski definition) is 4. The predicted molar refractivity (Wildman–Crippen MR) is 94.1 cm³/mol. The Bertz CT molecular complexity index is 975. The van der Waals surface area contributed by atoms with Gasteiger partial charge in [-0.2, -0.15) is 0 Å². The van der Waals surface area contributed by atoms with Gasteiger partial charge in [0.2, 0.25) is 10.0 Å². The highest BCUT2D eigenvalue weighted by molar-refractivity contribution is 7.92. The van der Waals surface area contributed by atoms with E-state index in [1.807, 2.05) is 0 Å². The monoisotopic (exact) mass is 406 g/mol. The van der Waals surface area contributed by atoms with E-state index >= 15 is 0 Å². The maximum absolute atomic E-state index is 13.2. The maximum Gasteiger partial charge on any atom is 0.261 e. The van der Waals surface area contributed by atoms with Gasteiger partial charge in [0.05, 0.1) is 14.8 Å². The largest absolute Gasteiger partial charge is 0.280 e. The first-order valence-electron chi connectivity index (χ1n) is 7.11. The molecule has 136 valence electrons. The van der Waals surface area contributed by atoms with Crippen molar-refractivity contribution in [2.45, 2.75) is 29.7 Å². The number of anilines is 1. The van der Waals surface area contributed by atoms with Gasteiger partial charge >= 0.3 is 0 Å². The van der Waals surface area contributed by atoms with Crippen molar-refractivity contribution in [1.29, 1.82) is 0 Å². The Labute approximate surface area is 151 Å². The zero-order valence-corrected chi connectivity index (χ0v) is 15.7. The molecule has 2 aromatic rings. The highest BCUT2D eigenvalue weighted by atomic mass is 35.5. The molecule has 0 saturated carbocycles. The van der Waals surface area contributed by atoms with Gasteiger partial charge in [0.25, 0.3) is 10.0 Å².